The van der Waals surface area contributed by atoms with Crippen molar-refractivity contribution in [1.29, 1.82) is 0 Å². The van der Waals surface area contributed by atoms with Crippen molar-refractivity contribution in [3.63, 3.8) is 0 Å². The lowest BCUT2D eigenvalue weighted by molar-refractivity contribution is -0.130. The molecule has 1 aromatic carbocycles. The van der Waals surface area contributed by atoms with E-state index in [0.29, 0.717) is 18.0 Å². The summed E-state index contributed by atoms with van der Waals surface area (Å²) >= 11 is 0. The molecule has 27 heavy (non-hydrogen) atoms. The Labute approximate surface area is 157 Å². The van der Waals surface area contributed by atoms with Gasteiger partial charge in [0.2, 0.25) is 5.95 Å². The molecule has 1 atom stereocenters. The summed E-state index contributed by atoms with van der Waals surface area (Å²) < 4.78 is 43.2. The van der Waals surface area contributed by atoms with Crippen LogP contribution in [-0.2, 0) is 19.5 Å². The highest BCUT2D eigenvalue weighted by Crippen LogP contribution is 2.23. The molecule has 0 spiro atoms. The number of benzene rings is 1. The highest BCUT2D eigenvalue weighted by molar-refractivity contribution is 7.92. The van der Waals surface area contributed by atoms with Crippen LogP contribution in [0.3, 0.4) is 0 Å². The van der Waals surface area contributed by atoms with Crippen LogP contribution in [0.1, 0.15) is 13.8 Å². The molecule has 2 heterocycles. The van der Waals surface area contributed by atoms with E-state index in [1.807, 2.05) is 13.8 Å². The number of nitrogens with zero attached hydrogens (tertiary/aromatic N) is 3. The maximum absolute atomic E-state index is 12.4. The van der Waals surface area contributed by atoms with Gasteiger partial charge in [-0.05, 0) is 38.1 Å². The SMILES string of the molecule is COc1cnc(NS(=O)(=O)c2ccc(N=CC3COC(C)(C)O3)cc2)nc1. The quantitative estimate of drug-likeness (QED) is 0.750. The summed E-state index contributed by atoms with van der Waals surface area (Å²) in [5.74, 6) is -0.233. The number of ether oxygens (including phenoxy) is 3. The number of sulfonamides is 1. The lowest BCUT2D eigenvalue weighted by atomic mass is 10.3. The predicted octanol–water partition coefficient (Wildman–Crippen LogP) is 2.14. The molecule has 1 N–H and O–H groups in total. The number of aromatic nitrogens is 2. The van der Waals surface area contributed by atoms with Gasteiger partial charge in [-0.2, -0.15) is 0 Å². The predicted molar refractivity (Wildman–Crippen MR) is 98.9 cm³/mol. The number of rotatable bonds is 6. The molecular formula is C17H20N4O5S. The molecule has 0 aliphatic carbocycles. The summed E-state index contributed by atoms with van der Waals surface area (Å²) in [6, 6.07) is 6.10. The van der Waals surface area contributed by atoms with Gasteiger partial charge in [-0.1, -0.05) is 0 Å². The summed E-state index contributed by atoms with van der Waals surface area (Å²) in [6.45, 7) is 4.09. The van der Waals surface area contributed by atoms with Gasteiger partial charge in [-0.3, -0.25) is 4.99 Å². The molecule has 3 rings (SSSR count). The first-order valence-electron chi connectivity index (χ1n) is 8.12. The molecule has 1 unspecified atom stereocenters. The maximum Gasteiger partial charge on any atom is 0.264 e. The van der Waals surface area contributed by atoms with Gasteiger partial charge < -0.3 is 14.2 Å². The van der Waals surface area contributed by atoms with E-state index in [1.54, 1.807) is 18.3 Å². The van der Waals surface area contributed by atoms with Crippen LogP contribution in [0.4, 0.5) is 11.6 Å². The molecule has 1 saturated heterocycles. The fourth-order valence-corrected chi connectivity index (χ4v) is 3.28. The number of methoxy groups -OCH3 is 1. The first-order valence-corrected chi connectivity index (χ1v) is 9.61. The van der Waals surface area contributed by atoms with Crippen LogP contribution in [0.2, 0.25) is 0 Å². The van der Waals surface area contributed by atoms with E-state index in [0.717, 1.165) is 0 Å². The minimum absolute atomic E-state index is 0.0427. The first kappa shape index (κ1) is 19.2. The van der Waals surface area contributed by atoms with E-state index in [2.05, 4.69) is 19.7 Å². The van der Waals surface area contributed by atoms with Crippen molar-refractivity contribution < 1.29 is 22.6 Å². The Morgan fingerprint density at radius 2 is 1.93 bits per heavy atom. The van der Waals surface area contributed by atoms with Gasteiger partial charge in [0.15, 0.2) is 11.5 Å². The normalized spacial score (nSPS) is 19.3. The van der Waals surface area contributed by atoms with E-state index in [1.165, 1.54) is 31.6 Å². The van der Waals surface area contributed by atoms with E-state index >= 15 is 0 Å². The molecular weight excluding hydrogens is 372 g/mol. The lowest BCUT2D eigenvalue weighted by Crippen LogP contribution is -2.21. The van der Waals surface area contributed by atoms with Crippen LogP contribution in [0.15, 0.2) is 46.5 Å². The zero-order chi connectivity index (χ0) is 19.5. The number of hydrogen-bond acceptors (Lipinski definition) is 8. The Kier molecular flexibility index (Phi) is 5.40. The van der Waals surface area contributed by atoms with Crippen LogP contribution >= 0.6 is 0 Å². The fourth-order valence-electron chi connectivity index (χ4n) is 2.32. The zero-order valence-electron chi connectivity index (χ0n) is 15.1. The molecule has 1 fully saturated rings. The average Bonchev–Trinajstić information content (AvgIpc) is 2.99. The minimum atomic E-state index is -3.81. The summed E-state index contributed by atoms with van der Waals surface area (Å²) in [5, 5.41) is 0. The van der Waals surface area contributed by atoms with Crippen molar-refractivity contribution >= 4 is 27.9 Å². The second-order valence-corrected chi connectivity index (χ2v) is 7.87. The molecule has 9 nitrogen and oxygen atoms in total. The molecule has 0 radical (unpaired) electrons. The number of aliphatic imine (C=N–C) groups is 1. The van der Waals surface area contributed by atoms with Crippen LogP contribution in [0.5, 0.6) is 5.75 Å². The Morgan fingerprint density at radius 1 is 1.26 bits per heavy atom. The number of nitrogens with one attached hydrogen (secondary N) is 1. The van der Waals surface area contributed by atoms with E-state index in [9.17, 15) is 8.42 Å². The monoisotopic (exact) mass is 392 g/mol. The van der Waals surface area contributed by atoms with E-state index in [4.69, 9.17) is 14.2 Å². The second-order valence-electron chi connectivity index (χ2n) is 6.19. The third kappa shape index (κ3) is 5.00. The number of anilines is 1. The van der Waals surface area contributed by atoms with Gasteiger partial charge in [0, 0.05) is 6.21 Å². The van der Waals surface area contributed by atoms with E-state index in [-0.39, 0.29) is 16.9 Å². The molecule has 0 amide bonds. The Hall–Kier alpha value is -2.56. The molecule has 1 aromatic heterocycles. The molecule has 2 aromatic rings. The summed E-state index contributed by atoms with van der Waals surface area (Å²) in [5.41, 5.74) is 0.600. The van der Waals surface area contributed by atoms with Crippen molar-refractivity contribution in [1.82, 2.24) is 9.97 Å². The van der Waals surface area contributed by atoms with Crippen LogP contribution in [0, 0.1) is 0 Å². The zero-order valence-corrected chi connectivity index (χ0v) is 15.9. The number of hydrogen-bond donors (Lipinski definition) is 1. The molecule has 144 valence electrons. The van der Waals surface area contributed by atoms with Crippen LogP contribution in [0.25, 0.3) is 0 Å². The highest BCUT2D eigenvalue weighted by atomic mass is 32.2. The van der Waals surface area contributed by atoms with Crippen molar-refractivity contribution in [2.24, 2.45) is 4.99 Å². The molecule has 1 aliphatic rings. The van der Waals surface area contributed by atoms with Gasteiger partial charge in [0.05, 0.1) is 36.7 Å². The molecule has 10 heteroatoms. The topological polar surface area (TPSA) is 112 Å². The van der Waals surface area contributed by atoms with E-state index < -0.39 is 15.8 Å². The Balaban J connectivity index is 1.66. The van der Waals surface area contributed by atoms with Crippen molar-refractivity contribution in [3.05, 3.63) is 36.7 Å². The highest BCUT2D eigenvalue weighted by Gasteiger charge is 2.31. The Bertz CT molecular complexity index is 911. The maximum atomic E-state index is 12.4. The second kappa shape index (κ2) is 7.59. The van der Waals surface area contributed by atoms with Crippen LogP contribution < -0.4 is 9.46 Å². The van der Waals surface area contributed by atoms with Crippen molar-refractivity contribution in [3.8, 4) is 5.75 Å². The molecule has 0 bridgehead atoms. The Morgan fingerprint density at radius 3 is 2.48 bits per heavy atom. The van der Waals surface area contributed by atoms with Crippen molar-refractivity contribution in [2.45, 2.75) is 30.6 Å². The van der Waals surface area contributed by atoms with Gasteiger partial charge >= 0.3 is 0 Å². The first-order chi connectivity index (χ1) is 12.8. The summed E-state index contributed by atoms with van der Waals surface area (Å²) in [4.78, 5) is 12.1. The minimum Gasteiger partial charge on any atom is -0.494 e. The third-order valence-electron chi connectivity index (χ3n) is 3.66. The fraction of sp³-hybridized carbons (Fsp3) is 0.353. The van der Waals surface area contributed by atoms with Gasteiger partial charge in [-0.25, -0.2) is 23.1 Å². The third-order valence-corrected chi connectivity index (χ3v) is 5.00. The standard InChI is InChI=1S/C17H20N4O5S/c1-17(2)25-11-14(26-17)10-18-12-4-6-15(7-5-12)27(22,23)21-16-19-8-13(24-3)9-20-16/h4-10,14H,11H2,1-3H3,(H,19,20,21). The van der Waals surface area contributed by atoms with Gasteiger partial charge in [-0.15, -0.1) is 0 Å². The largest absolute Gasteiger partial charge is 0.494 e. The lowest BCUT2D eigenvalue weighted by Gasteiger charge is -2.15. The molecule has 0 saturated carbocycles. The summed E-state index contributed by atoms with van der Waals surface area (Å²) in [6.07, 6.45) is 4.15. The van der Waals surface area contributed by atoms with Gasteiger partial charge in [0.25, 0.3) is 10.0 Å². The summed E-state index contributed by atoms with van der Waals surface area (Å²) in [7, 11) is -2.34. The molecule has 1 aliphatic heterocycles. The van der Waals surface area contributed by atoms with Crippen LogP contribution in [-0.4, -0.2) is 50.2 Å². The smallest absolute Gasteiger partial charge is 0.264 e. The average molecular weight is 392 g/mol. The van der Waals surface area contributed by atoms with Crippen molar-refractivity contribution in [2.75, 3.05) is 18.4 Å². The van der Waals surface area contributed by atoms with Gasteiger partial charge in [0.1, 0.15) is 6.10 Å².